The normalized spacial score (nSPS) is 33.7. The van der Waals surface area contributed by atoms with Gasteiger partial charge in [0.1, 0.15) is 0 Å². The van der Waals surface area contributed by atoms with Gasteiger partial charge >= 0.3 is 0 Å². The first-order valence-electron chi connectivity index (χ1n) is 9.54. The van der Waals surface area contributed by atoms with Crippen molar-refractivity contribution in [1.82, 2.24) is 5.32 Å². The van der Waals surface area contributed by atoms with E-state index in [0.717, 1.165) is 12.0 Å². The molecule has 1 amide bonds. The summed E-state index contributed by atoms with van der Waals surface area (Å²) in [7, 11) is 0. The molecule has 27 heavy (non-hydrogen) atoms. The Bertz CT molecular complexity index is 651. The number of amides is 1. The Kier molecular flexibility index (Phi) is 6.68. The van der Waals surface area contributed by atoms with Gasteiger partial charge in [-0.05, 0) is 43.6 Å². The number of aliphatic hydroxyl groups excluding tert-OH is 3. The Morgan fingerprint density at radius 2 is 2.07 bits per heavy atom. The zero-order valence-corrected chi connectivity index (χ0v) is 16.5. The monoisotopic (exact) mass is 379 g/mol. The van der Waals surface area contributed by atoms with Gasteiger partial charge in [0.05, 0.1) is 24.4 Å². The maximum absolute atomic E-state index is 12.3. The number of hydrogen-bond acceptors (Lipinski definition) is 5. The van der Waals surface area contributed by atoms with Crippen LogP contribution in [0, 0.1) is 11.3 Å². The molecule has 0 heterocycles. The highest BCUT2D eigenvalue weighted by molar-refractivity contribution is 5.88. The van der Waals surface area contributed by atoms with E-state index in [4.69, 9.17) is 5.11 Å². The maximum atomic E-state index is 12.3. The predicted molar refractivity (Wildman–Crippen MR) is 104 cm³/mol. The standard InChI is InChI=1S/C21H33NO5/c1-13(6-8-23)9-18(26)22-19-14(2)5-7-21(27)16(11-20(21,3)4)15(12-24)10-17(19)25/h9-10,16-17,19,23-25,27H,2,5-8,11-12H2,1,3-4H3,(H,22,26)/b13-9+,15-10?/t16-,17+,19-,21+/m1/s1. The third-order valence-corrected chi connectivity index (χ3v) is 6.27. The smallest absolute Gasteiger partial charge is 0.244 e. The molecular formula is C21H33NO5. The molecule has 2 aliphatic rings. The molecule has 6 heteroatoms. The zero-order valence-electron chi connectivity index (χ0n) is 16.5. The van der Waals surface area contributed by atoms with Gasteiger partial charge in [-0.25, -0.2) is 0 Å². The first-order chi connectivity index (χ1) is 12.6. The lowest BCUT2D eigenvalue weighted by Gasteiger charge is -2.59. The lowest BCUT2D eigenvalue weighted by atomic mass is 9.49. The minimum absolute atomic E-state index is 0.0350. The quantitative estimate of drug-likeness (QED) is 0.364. The van der Waals surface area contributed by atoms with E-state index in [0.29, 0.717) is 30.4 Å². The molecule has 152 valence electrons. The van der Waals surface area contributed by atoms with E-state index in [1.54, 1.807) is 13.0 Å². The van der Waals surface area contributed by atoms with Crippen molar-refractivity contribution in [2.24, 2.45) is 11.3 Å². The van der Waals surface area contributed by atoms with E-state index in [2.05, 4.69) is 11.9 Å². The van der Waals surface area contributed by atoms with Gasteiger partial charge in [-0.1, -0.05) is 37.6 Å². The first kappa shape index (κ1) is 21.8. The molecule has 6 nitrogen and oxygen atoms in total. The molecule has 0 aliphatic heterocycles. The summed E-state index contributed by atoms with van der Waals surface area (Å²) in [5.41, 5.74) is 0.712. The molecule has 5 N–H and O–H groups in total. The highest BCUT2D eigenvalue weighted by Crippen LogP contribution is 2.59. The van der Waals surface area contributed by atoms with Gasteiger partial charge in [-0.15, -0.1) is 0 Å². The fourth-order valence-electron chi connectivity index (χ4n) is 4.34. The average molecular weight is 379 g/mol. The topological polar surface area (TPSA) is 110 Å². The van der Waals surface area contributed by atoms with E-state index >= 15 is 0 Å². The fraction of sp³-hybridized carbons (Fsp3) is 0.667. The van der Waals surface area contributed by atoms with E-state index in [1.807, 2.05) is 13.8 Å². The highest BCUT2D eigenvalue weighted by atomic mass is 16.3. The largest absolute Gasteiger partial charge is 0.396 e. The van der Waals surface area contributed by atoms with Crippen LogP contribution in [0.3, 0.4) is 0 Å². The lowest BCUT2D eigenvalue weighted by Crippen LogP contribution is -2.62. The summed E-state index contributed by atoms with van der Waals surface area (Å²) in [6.07, 6.45) is 3.97. The molecule has 0 saturated heterocycles. The molecule has 0 radical (unpaired) electrons. The SMILES string of the molecule is C=C1CC[C@]2(O)[C@H](CC2(C)C)C(CO)=C[C@H](O)[C@@H]1NC(=O)/C=C(\C)CCO. The number of fused-ring (bicyclic) bond motifs is 1. The zero-order chi connectivity index (χ0) is 20.4. The molecule has 2 rings (SSSR count). The van der Waals surface area contributed by atoms with Gasteiger partial charge in [0.15, 0.2) is 0 Å². The second-order valence-electron chi connectivity index (χ2n) is 8.56. The summed E-state index contributed by atoms with van der Waals surface area (Å²) in [6, 6.07) is -0.707. The van der Waals surface area contributed by atoms with Crippen molar-refractivity contribution in [3.63, 3.8) is 0 Å². The van der Waals surface area contributed by atoms with Crippen LogP contribution >= 0.6 is 0 Å². The Labute approximate surface area is 161 Å². The number of rotatable bonds is 5. The van der Waals surface area contributed by atoms with E-state index in [-0.39, 0.29) is 30.5 Å². The molecular weight excluding hydrogens is 346 g/mol. The summed E-state index contributed by atoms with van der Waals surface area (Å²) in [5, 5.41) is 43.5. The van der Waals surface area contributed by atoms with Gasteiger partial charge < -0.3 is 25.7 Å². The second-order valence-corrected chi connectivity index (χ2v) is 8.56. The number of aliphatic hydroxyl groups is 4. The van der Waals surface area contributed by atoms with Crippen LogP contribution in [0.4, 0.5) is 0 Å². The van der Waals surface area contributed by atoms with E-state index < -0.39 is 17.7 Å². The fourth-order valence-corrected chi connectivity index (χ4v) is 4.34. The van der Waals surface area contributed by atoms with Crippen molar-refractivity contribution in [2.45, 2.75) is 64.2 Å². The van der Waals surface area contributed by atoms with Gasteiger partial charge in [-0.3, -0.25) is 4.79 Å². The molecule has 0 aromatic rings. The van der Waals surface area contributed by atoms with Gasteiger partial charge in [0.25, 0.3) is 0 Å². The summed E-state index contributed by atoms with van der Waals surface area (Å²) >= 11 is 0. The van der Waals surface area contributed by atoms with Gasteiger partial charge in [0, 0.05) is 18.6 Å². The lowest BCUT2D eigenvalue weighted by molar-refractivity contribution is -0.193. The van der Waals surface area contributed by atoms with E-state index in [1.165, 1.54) is 6.08 Å². The number of carbonyl (C=O) groups is 1. The average Bonchev–Trinajstić information content (AvgIpc) is 2.61. The molecule has 2 aliphatic carbocycles. The molecule has 1 saturated carbocycles. The Morgan fingerprint density at radius 1 is 1.41 bits per heavy atom. The Hall–Kier alpha value is -1.47. The third kappa shape index (κ3) is 4.35. The third-order valence-electron chi connectivity index (χ3n) is 6.27. The molecule has 0 spiro atoms. The summed E-state index contributed by atoms with van der Waals surface area (Å²) in [6.45, 7) is 9.51. The number of nitrogens with one attached hydrogen (secondary N) is 1. The molecule has 4 atom stereocenters. The molecule has 0 aromatic heterocycles. The molecule has 0 unspecified atom stereocenters. The minimum atomic E-state index is -1.04. The van der Waals surface area contributed by atoms with E-state index in [9.17, 15) is 20.1 Å². The van der Waals surface area contributed by atoms with Crippen LogP contribution < -0.4 is 5.32 Å². The van der Waals surface area contributed by atoms with Gasteiger partial charge in [0.2, 0.25) is 5.91 Å². The van der Waals surface area contributed by atoms with Crippen LogP contribution in [-0.2, 0) is 4.79 Å². The highest BCUT2D eigenvalue weighted by Gasteiger charge is 2.60. The minimum Gasteiger partial charge on any atom is -0.396 e. The van der Waals surface area contributed by atoms with Crippen molar-refractivity contribution >= 4 is 5.91 Å². The number of carbonyl (C=O) groups excluding carboxylic acids is 1. The van der Waals surface area contributed by atoms with Crippen LogP contribution in [0.5, 0.6) is 0 Å². The summed E-state index contributed by atoms with van der Waals surface area (Å²) in [5.74, 6) is -0.576. The summed E-state index contributed by atoms with van der Waals surface area (Å²) in [4.78, 5) is 12.3. The maximum Gasteiger partial charge on any atom is 0.244 e. The van der Waals surface area contributed by atoms with Crippen molar-refractivity contribution in [3.8, 4) is 0 Å². The molecule has 0 bridgehead atoms. The Balaban J connectivity index is 2.26. The molecule has 0 aromatic carbocycles. The van der Waals surface area contributed by atoms with Crippen LogP contribution in [0.25, 0.3) is 0 Å². The van der Waals surface area contributed by atoms with Crippen LogP contribution in [0.2, 0.25) is 0 Å². The van der Waals surface area contributed by atoms with Crippen molar-refractivity contribution in [2.75, 3.05) is 13.2 Å². The van der Waals surface area contributed by atoms with Crippen LogP contribution in [0.1, 0.15) is 46.5 Å². The predicted octanol–water partition coefficient (Wildman–Crippen LogP) is 1.21. The Morgan fingerprint density at radius 3 is 2.63 bits per heavy atom. The van der Waals surface area contributed by atoms with Crippen molar-refractivity contribution in [3.05, 3.63) is 35.5 Å². The van der Waals surface area contributed by atoms with Crippen molar-refractivity contribution < 1.29 is 25.2 Å². The molecule has 1 fully saturated rings. The van der Waals surface area contributed by atoms with Crippen molar-refractivity contribution in [1.29, 1.82) is 0 Å². The van der Waals surface area contributed by atoms with Gasteiger partial charge in [-0.2, -0.15) is 0 Å². The number of hydrogen-bond donors (Lipinski definition) is 5. The van der Waals surface area contributed by atoms with Crippen LogP contribution in [0.15, 0.2) is 35.5 Å². The van der Waals surface area contributed by atoms with Crippen LogP contribution in [-0.4, -0.2) is 57.3 Å². The first-order valence-corrected chi connectivity index (χ1v) is 9.54. The summed E-state index contributed by atoms with van der Waals surface area (Å²) < 4.78 is 0. The second kappa shape index (κ2) is 8.27.